The van der Waals surface area contributed by atoms with Gasteiger partial charge in [0.25, 0.3) is 0 Å². The van der Waals surface area contributed by atoms with E-state index in [2.05, 4.69) is 33.8 Å². The van der Waals surface area contributed by atoms with Gasteiger partial charge in [0.1, 0.15) is 0 Å². The predicted octanol–water partition coefficient (Wildman–Crippen LogP) is 6.25. The molecule has 0 N–H and O–H groups in total. The first-order valence-electron chi connectivity index (χ1n) is 7.78. The highest BCUT2D eigenvalue weighted by Gasteiger charge is 2.13. The Balaban J connectivity index is 1.68. The Bertz CT molecular complexity index is 740. The van der Waals surface area contributed by atoms with E-state index < -0.39 is 0 Å². The quantitative estimate of drug-likeness (QED) is 0.484. The Morgan fingerprint density at radius 3 is 2.25 bits per heavy atom. The van der Waals surface area contributed by atoms with E-state index in [0.717, 1.165) is 28.8 Å². The molecule has 0 fully saturated rings. The maximum Gasteiger partial charge on any atom is 0.0945 e. The van der Waals surface area contributed by atoms with Crippen LogP contribution < -0.4 is 0 Å². The lowest BCUT2D eigenvalue weighted by molar-refractivity contribution is 0.634. The van der Waals surface area contributed by atoms with Crippen molar-refractivity contribution in [2.75, 3.05) is 0 Å². The first-order valence-corrected chi connectivity index (χ1v) is 9.58. The molecule has 3 aromatic rings. The summed E-state index contributed by atoms with van der Waals surface area (Å²) in [5.41, 5.74) is 2.59. The molecular formula is C19H18Cl2N2S. The van der Waals surface area contributed by atoms with Crippen LogP contribution in [-0.2, 0) is 12.3 Å². The summed E-state index contributed by atoms with van der Waals surface area (Å²) in [4.78, 5) is 4.11. The van der Waals surface area contributed by atoms with Crippen LogP contribution in [0, 0.1) is 0 Å². The number of rotatable bonds is 7. The van der Waals surface area contributed by atoms with Crippen LogP contribution in [0.3, 0.4) is 0 Å². The molecule has 1 atom stereocenters. The van der Waals surface area contributed by atoms with E-state index in [1.165, 1.54) is 11.1 Å². The van der Waals surface area contributed by atoms with Crippen molar-refractivity contribution in [1.29, 1.82) is 0 Å². The fourth-order valence-corrected chi connectivity index (χ4v) is 3.95. The van der Waals surface area contributed by atoms with Gasteiger partial charge in [0, 0.05) is 40.0 Å². The van der Waals surface area contributed by atoms with Gasteiger partial charge >= 0.3 is 0 Å². The Morgan fingerprint density at radius 2 is 1.62 bits per heavy atom. The van der Waals surface area contributed by atoms with Gasteiger partial charge in [0.2, 0.25) is 0 Å². The molecule has 1 aromatic heterocycles. The van der Waals surface area contributed by atoms with Crippen molar-refractivity contribution >= 4 is 35.0 Å². The number of halogens is 2. The average molecular weight is 377 g/mol. The molecule has 0 saturated carbocycles. The van der Waals surface area contributed by atoms with Crippen LogP contribution in [0.2, 0.25) is 10.0 Å². The van der Waals surface area contributed by atoms with Crippen molar-refractivity contribution in [3.63, 3.8) is 0 Å². The number of imidazole rings is 1. The molecule has 0 aliphatic rings. The third-order valence-electron chi connectivity index (χ3n) is 3.81. The summed E-state index contributed by atoms with van der Waals surface area (Å²) >= 11 is 13.9. The summed E-state index contributed by atoms with van der Waals surface area (Å²) in [5.74, 6) is 0.953. The largest absolute Gasteiger partial charge is 0.337 e. The summed E-state index contributed by atoms with van der Waals surface area (Å²) in [7, 11) is 0. The standard InChI is InChI=1S/C19H18Cl2N2S/c20-17-5-1-15(2-6-17)13-24-19(9-11-23-12-10-22-14-23)16-3-7-18(21)8-4-16/h1-8,10,12,14,19H,9,11,13H2. The summed E-state index contributed by atoms with van der Waals surface area (Å²) in [6.07, 6.45) is 6.72. The van der Waals surface area contributed by atoms with Gasteiger partial charge in [-0.2, -0.15) is 0 Å². The fourth-order valence-electron chi connectivity index (χ4n) is 2.49. The normalized spacial score (nSPS) is 12.2. The van der Waals surface area contributed by atoms with E-state index in [-0.39, 0.29) is 0 Å². The van der Waals surface area contributed by atoms with Crippen LogP contribution in [0.15, 0.2) is 67.3 Å². The highest BCUT2D eigenvalue weighted by molar-refractivity contribution is 7.98. The zero-order chi connectivity index (χ0) is 16.8. The molecule has 0 spiro atoms. The lowest BCUT2D eigenvalue weighted by Crippen LogP contribution is -2.02. The Morgan fingerprint density at radius 1 is 0.958 bits per heavy atom. The van der Waals surface area contributed by atoms with Gasteiger partial charge in [-0.05, 0) is 41.8 Å². The summed E-state index contributed by atoms with van der Waals surface area (Å²) in [6.45, 7) is 0.945. The van der Waals surface area contributed by atoms with E-state index in [0.29, 0.717) is 5.25 Å². The van der Waals surface area contributed by atoms with Gasteiger partial charge in [-0.1, -0.05) is 47.5 Å². The van der Waals surface area contributed by atoms with Gasteiger partial charge in [-0.15, -0.1) is 11.8 Å². The van der Waals surface area contributed by atoms with Crippen molar-refractivity contribution in [2.24, 2.45) is 0 Å². The zero-order valence-corrected chi connectivity index (χ0v) is 15.4. The monoisotopic (exact) mass is 376 g/mol. The van der Waals surface area contributed by atoms with Gasteiger partial charge in [0.15, 0.2) is 0 Å². The van der Waals surface area contributed by atoms with Gasteiger partial charge in [-0.25, -0.2) is 4.98 Å². The molecule has 124 valence electrons. The highest BCUT2D eigenvalue weighted by atomic mass is 35.5. The molecule has 0 radical (unpaired) electrons. The molecule has 1 heterocycles. The minimum absolute atomic E-state index is 0.403. The van der Waals surface area contributed by atoms with Gasteiger partial charge < -0.3 is 4.57 Å². The van der Waals surface area contributed by atoms with Crippen LogP contribution >= 0.6 is 35.0 Å². The van der Waals surface area contributed by atoms with Crippen molar-refractivity contribution in [3.05, 3.63) is 88.4 Å². The first-order chi connectivity index (χ1) is 11.7. The van der Waals surface area contributed by atoms with E-state index in [1.54, 1.807) is 0 Å². The van der Waals surface area contributed by atoms with Crippen LogP contribution in [0.5, 0.6) is 0 Å². The molecule has 5 heteroatoms. The maximum absolute atomic E-state index is 6.03. The summed E-state index contributed by atoms with van der Waals surface area (Å²) < 4.78 is 2.12. The average Bonchev–Trinajstić information content (AvgIpc) is 3.11. The second-order valence-corrected chi connectivity index (χ2v) is 7.63. The first kappa shape index (κ1) is 17.4. The number of thioether (sulfide) groups is 1. The third-order valence-corrected chi connectivity index (χ3v) is 5.73. The molecule has 2 nitrogen and oxygen atoms in total. The van der Waals surface area contributed by atoms with Crippen molar-refractivity contribution < 1.29 is 0 Å². The molecular weight excluding hydrogens is 359 g/mol. The van der Waals surface area contributed by atoms with Crippen LogP contribution in [0.25, 0.3) is 0 Å². The van der Waals surface area contributed by atoms with Crippen LogP contribution in [0.1, 0.15) is 22.8 Å². The number of benzene rings is 2. The number of nitrogens with zero attached hydrogens (tertiary/aromatic N) is 2. The molecule has 1 unspecified atom stereocenters. The molecule has 3 rings (SSSR count). The fraction of sp³-hybridized carbons (Fsp3) is 0.211. The molecule has 0 aliphatic carbocycles. The number of aryl methyl sites for hydroxylation is 1. The topological polar surface area (TPSA) is 17.8 Å². The Hall–Kier alpha value is -1.42. The Kier molecular flexibility index (Phi) is 6.24. The van der Waals surface area contributed by atoms with Gasteiger partial charge in [-0.3, -0.25) is 0 Å². The number of aromatic nitrogens is 2. The number of hydrogen-bond donors (Lipinski definition) is 0. The van der Waals surface area contributed by atoms with E-state index in [9.17, 15) is 0 Å². The smallest absolute Gasteiger partial charge is 0.0945 e. The van der Waals surface area contributed by atoms with Crippen molar-refractivity contribution in [3.8, 4) is 0 Å². The molecule has 2 aromatic carbocycles. The predicted molar refractivity (Wildman–Crippen MR) is 104 cm³/mol. The molecule has 0 amide bonds. The third kappa shape index (κ3) is 5.04. The summed E-state index contributed by atoms with van der Waals surface area (Å²) in [5, 5.41) is 1.95. The minimum atomic E-state index is 0.403. The van der Waals surface area contributed by atoms with Gasteiger partial charge in [0.05, 0.1) is 6.33 Å². The Labute approximate surface area is 156 Å². The molecule has 24 heavy (non-hydrogen) atoms. The van der Waals surface area contributed by atoms with E-state index >= 15 is 0 Å². The summed E-state index contributed by atoms with van der Waals surface area (Å²) in [6, 6.07) is 16.2. The highest BCUT2D eigenvalue weighted by Crippen LogP contribution is 2.35. The molecule has 0 saturated heterocycles. The number of hydrogen-bond acceptors (Lipinski definition) is 2. The van der Waals surface area contributed by atoms with Crippen molar-refractivity contribution in [2.45, 2.75) is 24.0 Å². The zero-order valence-electron chi connectivity index (χ0n) is 13.1. The maximum atomic E-state index is 6.03. The minimum Gasteiger partial charge on any atom is -0.337 e. The lowest BCUT2D eigenvalue weighted by atomic mass is 10.1. The SMILES string of the molecule is Clc1ccc(CSC(CCn2ccnc2)c2ccc(Cl)cc2)cc1. The second-order valence-electron chi connectivity index (χ2n) is 5.57. The van der Waals surface area contributed by atoms with E-state index in [1.807, 2.05) is 54.7 Å². The van der Waals surface area contributed by atoms with E-state index in [4.69, 9.17) is 23.2 Å². The van der Waals surface area contributed by atoms with Crippen LogP contribution in [0.4, 0.5) is 0 Å². The molecule has 0 bridgehead atoms. The van der Waals surface area contributed by atoms with Crippen LogP contribution in [-0.4, -0.2) is 9.55 Å². The van der Waals surface area contributed by atoms with Crippen molar-refractivity contribution in [1.82, 2.24) is 9.55 Å². The molecule has 0 aliphatic heterocycles. The lowest BCUT2D eigenvalue weighted by Gasteiger charge is -2.18. The second kappa shape index (κ2) is 8.61.